The van der Waals surface area contributed by atoms with E-state index in [9.17, 15) is 4.79 Å². The van der Waals surface area contributed by atoms with Crippen LogP contribution in [0.2, 0.25) is 0 Å². The highest BCUT2D eigenvalue weighted by Crippen LogP contribution is 2.28. The second-order valence-electron chi connectivity index (χ2n) is 6.49. The predicted octanol–water partition coefficient (Wildman–Crippen LogP) is 3.00. The molecule has 0 aromatic heterocycles. The van der Waals surface area contributed by atoms with Crippen molar-refractivity contribution in [1.29, 1.82) is 0 Å². The predicted molar refractivity (Wildman–Crippen MR) is 87.5 cm³/mol. The van der Waals surface area contributed by atoms with E-state index >= 15 is 0 Å². The van der Waals surface area contributed by atoms with Gasteiger partial charge in [-0.2, -0.15) is 0 Å². The van der Waals surface area contributed by atoms with E-state index in [4.69, 9.17) is 0 Å². The SMILES string of the molecule is CNCCc1ccccc1C(=O)NC1CCC(C)CC1C. The zero-order chi connectivity index (χ0) is 15.2. The van der Waals surface area contributed by atoms with Gasteiger partial charge in [0.1, 0.15) is 0 Å². The van der Waals surface area contributed by atoms with Gasteiger partial charge in [-0.15, -0.1) is 0 Å². The number of likely N-dealkylation sites (N-methyl/N-ethyl adjacent to an activating group) is 1. The third-order valence-corrected chi connectivity index (χ3v) is 4.65. The minimum absolute atomic E-state index is 0.0908. The number of carbonyl (C=O) groups excluding carboxylic acids is 1. The van der Waals surface area contributed by atoms with Gasteiger partial charge >= 0.3 is 0 Å². The highest BCUT2D eigenvalue weighted by Gasteiger charge is 2.27. The van der Waals surface area contributed by atoms with Crippen LogP contribution in [-0.2, 0) is 6.42 Å². The van der Waals surface area contributed by atoms with E-state index in [1.54, 1.807) is 0 Å². The van der Waals surface area contributed by atoms with Gasteiger partial charge in [0, 0.05) is 11.6 Å². The zero-order valence-corrected chi connectivity index (χ0v) is 13.5. The van der Waals surface area contributed by atoms with E-state index in [0.717, 1.165) is 36.4 Å². The largest absolute Gasteiger partial charge is 0.349 e. The summed E-state index contributed by atoms with van der Waals surface area (Å²) in [6.07, 6.45) is 4.42. The molecular weight excluding hydrogens is 260 g/mol. The first-order valence-electron chi connectivity index (χ1n) is 8.15. The van der Waals surface area contributed by atoms with Crippen molar-refractivity contribution >= 4 is 5.91 Å². The number of hydrogen-bond donors (Lipinski definition) is 2. The lowest BCUT2D eigenvalue weighted by atomic mass is 9.80. The van der Waals surface area contributed by atoms with Crippen molar-refractivity contribution in [1.82, 2.24) is 10.6 Å². The van der Waals surface area contributed by atoms with Gasteiger partial charge < -0.3 is 10.6 Å². The Morgan fingerprint density at radius 2 is 2.00 bits per heavy atom. The van der Waals surface area contributed by atoms with Gasteiger partial charge in [-0.25, -0.2) is 0 Å². The third kappa shape index (κ3) is 4.31. The van der Waals surface area contributed by atoms with E-state index in [2.05, 4.69) is 30.5 Å². The molecule has 1 amide bonds. The Labute approximate surface area is 128 Å². The summed E-state index contributed by atoms with van der Waals surface area (Å²) >= 11 is 0. The molecule has 2 rings (SSSR count). The Hall–Kier alpha value is -1.35. The van der Waals surface area contributed by atoms with Gasteiger partial charge in [0.2, 0.25) is 0 Å². The second-order valence-corrected chi connectivity index (χ2v) is 6.49. The summed E-state index contributed by atoms with van der Waals surface area (Å²) < 4.78 is 0. The molecule has 1 aliphatic carbocycles. The number of hydrogen-bond acceptors (Lipinski definition) is 2. The average molecular weight is 288 g/mol. The molecule has 3 heteroatoms. The van der Waals surface area contributed by atoms with Crippen LogP contribution in [0.15, 0.2) is 24.3 Å². The topological polar surface area (TPSA) is 41.1 Å². The Bertz CT molecular complexity index is 472. The Balaban J connectivity index is 2.03. The number of amides is 1. The summed E-state index contributed by atoms with van der Waals surface area (Å²) in [5.74, 6) is 1.45. The van der Waals surface area contributed by atoms with Crippen LogP contribution >= 0.6 is 0 Å². The maximum atomic E-state index is 12.6. The van der Waals surface area contributed by atoms with Gasteiger partial charge in [0.15, 0.2) is 0 Å². The van der Waals surface area contributed by atoms with Crippen molar-refractivity contribution in [3.05, 3.63) is 35.4 Å². The molecule has 1 fully saturated rings. The van der Waals surface area contributed by atoms with Crippen LogP contribution in [0.1, 0.15) is 49.0 Å². The van der Waals surface area contributed by atoms with Crippen LogP contribution in [0.4, 0.5) is 0 Å². The van der Waals surface area contributed by atoms with Crippen molar-refractivity contribution in [2.24, 2.45) is 11.8 Å². The number of rotatable bonds is 5. The van der Waals surface area contributed by atoms with Crippen LogP contribution in [-0.4, -0.2) is 25.5 Å². The van der Waals surface area contributed by atoms with Gasteiger partial charge in [0.05, 0.1) is 0 Å². The molecule has 3 unspecified atom stereocenters. The molecule has 21 heavy (non-hydrogen) atoms. The fourth-order valence-corrected chi connectivity index (χ4v) is 3.35. The quantitative estimate of drug-likeness (QED) is 0.874. The smallest absolute Gasteiger partial charge is 0.251 e. The second kappa shape index (κ2) is 7.60. The molecule has 0 radical (unpaired) electrons. The van der Waals surface area contributed by atoms with Crippen LogP contribution in [0, 0.1) is 11.8 Å². The molecule has 0 heterocycles. The van der Waals surface area contributed by atoms with E-state index in [-0.39, 0.29) is 5.91 Å². The van der Waals surface area contributed by atoms with Crippen LogP contribution < -0.4 is 10.6 Å². The fourth-order valence-electron chi connectivity index (χ4n) is 3.35. The summed E-state index contributed by atoms with van der Waals surface area (Å²) in [4.78, 5) is 12.6. The maximum absolute atomic E-state index is 12.6. The lowest BCUT2D eigenvalue weighted by Gasteiger charge is -2.33. The monoisotopic (exact) mass is 288 g/mol. The molecule has 0 bridgehead atoms. The fraction of sp³-hybridized carbons (Fsp3) is 0.611. The van der Waals surface area contributed by atoms with Crippen LogP contribution in [0.5, 0.6) is 0 Å². The summed E-state index contributed by atoms with van der Waals surface area (Å²) in [5.41, 5.74) is 1.96. The van der Waals surface area contributed by atoms with Crippen LogP contribution in [0.25, 0.3) is 0 Å². The number of carbonyl (C=O) groups is 1. The van der Waals surface area contributed by atoms with Crippen molar-refractivity contribution in [2.45, 2.75) is 45.6 Å². The summed E-state index contributed by atoms with van der Waals surface area (Å²) in [6, 6.07) is 8.28. The average Bonchev–Trinajstić information content (AvgIpc) is 2.48. The highest BCUT2D eigenvalue weighted by molar-refractivity contribution is 5.95. The van der Waals surface area contributed by atoms with Crippen molar-refractivity contribution in [3.63, 3.8) is 0 Å². The van der Waals surface area contributed by atoms with Crippen molar-refractivity contribution < 1.29 is 4.79 Å². The minimum atomic E-state index is 0.0908. The molecule has 3 atom stereocenters. The summed E-state index contributed by atoms with van der Waals surface area (Å²) in [7, 11) is 1.94. The zero-order valence-electron chi connectivity index (χ0n) is 13.5. The van der Waals surface area contributed by atoms with Gasteiger partial charge in [-0.1, -0.05) is 32.0 Å². The Morgan fingerprint density at radius 3 is 2.71 bits per heavy atom. The van der Waals surface area contributed by atoms with E-state index in [1.165, 1.54) is 12.8 Å². The Kier molecular flexibility index (Phi) is 5.80. The molecular formula is C18H28N2O. The standard InChI is InChI=1S/C18H28N2O/c1-13-8-9-17(14(2)12-13)20-18(21)16-7-5-4-6-15(16)10-11-19-3/h4-7,13-14,17,19H,8-12H2,1-3H3,(H,20,21). The first-order valence-corrected chi connectivity index (χ1v) is 8.15. The molecule has 1 aromatic carbocycles. The Morgan fingerprint density at radius 1 is 1.24 bits per heavy atom. The lowest BCUT2D eigenvalue weighted by Crippen LogP contribution is -2.42. The van der Waals surface area contributed by atoms with Gasteiger partial charge in [0.25, 0.3) is 5.91 Å². The number of nitrogens with one attached hydrogen (secondary N) is 2. The van der Waals surface area contributed by atoms with Crippen molar-refractivity contribution in [3.8, 4) is 0 Å². The number of benzene rings is 1. The molecule has 0 aliphatic heterocycles. The molecule has 1 saturated carbocycles. The molecule has 1 aromatic rings. The first-order chi connectivity index (χ1) is 10.1. The molecule has 2 N–H and O–H groups in total. The van der Waals surface area contributed by atoms with Crippen LogP contribution in [0.3, 0.4) is 0 Å². The van der Waals surface area contributed by atoms with Crippen molar-refractivity contribution in [2.75, 3.05) is 13.6 Å². The van der Waals surface area contributed by atoms with E-state index in [1.807, 2.05) is 25.2 Å². The molecule has 0 saturated heterocycles. The van der Waals surface area contributed by atoms with E-state index < -0.39 is 0 Å². The third-order valence-electron chi connectivity index (χ3n) is 4.65. The molecule has 1 aliphatic rings. The molecule has 116 valence electrons. The van der Waals surface area contributed by atoms with Gasteiger partial charge in [-0.05, 0) is 62.7 Å². The highest BCUT2D eigenvalue weighted by atomic mass is 16.1. The van der Waals surface area contributed by atoms with E-state index in [0.29, 0.717) is 12.0 Å². The maximum Gasteiger partial charge on any atom is 0.251 e. The summed E-state index contributed by atoms with van der Waals surface area (Å²) in [5, 5.41) is 6.41. The molecule has 3 nitrogen and oxygen atoms in total. The minimum Gasteiger partial charge on any atom is -0.349 e. The molecule has 0 spiro atoms. The first kappa shape index (κ1) is 16.0. The lowest BCUT2D eigenvalue weighted by molar-refractivity contribution is 0.0898. The normalized spacial score (nSPS) is 25.6. The summed E-state index contributed by atoms with van der Waals surface area (Å²) in [6.45, 7) is 5.46. The van der Waals surface area contributed by atoms with Gasteiger partial charge in [-0.3, -0.25) is 4.79 Å².